The number of nitrogens with one attached hydrogen (secondary N) is 1. The number of pyridine rings is 1. The van der Waals surface area contributed by atoms with Crippen LogP contribution in [0.2, 0.25) is 0 Å². The van der Waals surface area contributed by atoms with Gasteiger partial charge in [-0.05, 0) is 61.7 Å². The first kappa shape index (κ1) is 19.5. The third-order valence-corrected chi connectivity index (χ3v) is 6.11. The maximum atomic E-state index is 14.0. The van der Waals surface area contributed by atoms with Crippen molar-refractivity contribution in [2.45, 2.75) is 26.2 Å². The fraction of sp³-hybridized carbons (Fsp3) is 0.250. The number of H-pyrrole nitrogens is 1. The van der Waals surface area contributed by atoms with E-state index in [1.165, 1.54) is 0 Å². The average molecular weight is 420 g/mol. The van der Waals surface area contributed by atoms with Crippen LogP contribution >= 0.6 is 0 Å². The number of benzene rings is 2. The summed E-state index contributed by atoms with van der Waals surface area (Å²) < 4.78 is 29.7. The molecule has 7 heteroatoms. The summed E-state index contributed by atoms with van der Waals surface area (Å²) in [4.78, 5) is 14.5. The van der Waals surface area contributed by atoms with Crippen molar-refractivity contribution in [2.75, 3.05) is 11.4 Å². The Balaban J connectivity index is 1.73. The van der Waals surface area contributed by atoms with E-state index in [9.17, 15) is 13.6 Å². The van der Waals surface area contributed by atoms with Crippen LogP contribution in [0.5, 0.6) is 0 Å². The number of alkyl halides is 2. The van der Waals surface area contributed by atoms with Gasteiger partial charge < -0.3 is 9.47 Å². The minimum Gasteiger partial charge on any atom is -0.341 e. The van der Waals surface area contributed by atoms with E-state index in [1.807, 2.05) is 30.3 Å². The Morgan fingerprint density at radius 3 is 2.71 bits per heavy atom. The smallest absolute Gasteiger partial charge is 0.264 e. The lowest BCUT2D eigenvalue weighted by atomic mass is 9.93. The van der Waals surface area contributed by atoms with Gasteiger partial charge in [-0.3, -0.25) is 9.89 Å². The van der Waals surface area contributed by atoms with E-state index in [1.54, 1.807) is 36.9 Å². The Kier molecular flexibility index (Phi) is 4.61. The van der Waals surface area contributed by atoms with Crippen molar-refractivity contribution in [1.82, 2.24) is 14.8 Å². The van der Waals surface area contributed by atoms with Crippen molar-refractivity contribution in [3.05, 3.63) is 75.7 Å². The number of rotatable bonds is 3. The largest absolute Gasteiger partial charge is 0.341 e. The van der Waals surface area contributed by atoms with Gasteiger partial charge in [-0.25, -0.2) is 8.78 Å². The molecule has 0 amide bonds. The summed E-state index contributed by atoms with van der Waals surface area (Å²) in [6, 6.07) is 12.9. The van der Waals surface area contributed by atoms with Crippen molar-refractivity contribution in [2.24, 2.45) is 7.05 Å². The second-order valence-electron chi connectivity index (χ2n) is 8.00. The molecule has 3 heterocycles. The summed E-state index contributed by atoms with van der Waals surface area (Å²) in [5.41, 5.74) is 5.25. The first-order chi connectivity index (χ1) is 15.0. The van der Waals surface area contributed by atoms with Crippen LogP contribution in [0, 0.1) is 6.92 Å². The molecule has 1 aliphatic heterocycles. The summed E-state index contributed by atoms with van der Waals surface area (Å²) >= 11 is 0. The molecular formula is C24H22F2N4O. The number of aryl methyl sites for hydroxylation is 3. The topological polar surface area (TPSA) is 53.9 Å². The molecule has 2 aromatic carbocycles. The van der Waals surface area contributed by atoms with Crippen LogP contribution < -0.4 is 10.5 Å². The van der Waals surface area contributed by atoms with Gasteiger partial charge >= 0.3 is 0 Å². The van der Waals surface area contributed by atoms with Crippen molar-refractivity contribution in [1.29, 1.82) is 0 Å². The molecule has 0 saturated heterocycles. The molecule has 2 aromatic heterocycles. The highest BCUT2D eigenvalue weighted by molar-refractivity contribution is 5.95. The quantitative estimate of drug-likeness (QED) is 0.492. The standard InChI is InChI=1S/C24H22F2N4O/c1-14-11-18-20(29(2)24(14)31)6-3-7-21(18)30-10-4-5-15-12-16(19-8-9-27-28-19)17(23(25)26)13-22(15)30/h3,6-9,11-13,23H,4-5,10H2,1-2H3,(H,27,28). The fourth-order valence-electron chi connectivity index (χ4n) is 4.59. The third kappa shape index (κ3) is 3.12. The molecule has 5 rings (SSSR count). The molecule has 5 nitrogen and oxygen atoms in total. The van der Waals surface area contributed by atoms with Crippen molar-refractivity contribution in [3.8, 4) is 11.3 Å². The zero-order valence-electron chi connectivity index (χ0n) is 17.3. The molecule has 0 fully saturated rings. The van der Waals surface area contributed by atoms with E-state index >= 15 is 0 Å². The lowest BCUT2D eigenvalue weighted by molar-refractivity contribution is 0.152. The predicted molar refractivity (Wildman–Crippen MR) is 118 cm³/mol. The Bertz CT molecular complexity index is 1340. The van der Waals surface area contributed by atoms with Crippen molar-refractivity contribution >= 4 is 22.3 Å². The average Bonchev–Trinajstić information content (AvgIpc) is 3.31. The van der Waals surface area contributed by atoms with E-state index in [-0.39, 0.29) is 11.1 Å². The van der Waals surface area contributed by atoms with E-state index in [0.29, 0.717) is 16.8 Å². The maximum Gasteiger partial charge on any atom is 0.264 e. The number of aromatic nitrogens is 3. The number of aromatic amines is 1. The van der Waals surface area contributed by atoms with Gasteiger partial charge in [0.1, 0.15) is 0 Å². The second-order valence-corrected chi connectivity index (χ2v) is 8.00. The van der Waals surface area contributed by atoms with E-state index in [4.69, 9.17) is 0 Å². The summed E-state index contributed by atoms with van der Waals surface area (Å²) in [7, 11) is 1.76. The van der Waals surface area contributed by atoms with Gasteiger partial charge in [-0.15, -0.1) is 0 Å². The zero-order chi connectivity index (χ0) is 21.7. The minimum absolute atomic E-state index is 0.0151. The summed E-state index contributed by atoms with van der Waals surface area (Å²) in [5.74, 6) is 0. The van der Waals surface area contributed by atoms with Gasteiger partial charge in [0.15, 0.2) is 0 Å². The second kappa shape index (κ2) is 7.34. The number of hydrogen-bond donors (Lipinski definition) is 1. The molecule has 4 aromatic rings. The van der Waals surface area contributed by atoms with Crippen LogP contribution in [0.4, 0.5) is 20.2 Å². The number of nitrogens with zero attached hydrogens (tertiary/aromatic N) is 3. The van der Waals surface area contributed by atoms with Gasteiger partial charge in [-0.1, -0.05) is 6.07 Å². The molecule has 1 N–H and O–H groups in total. The number of hydrogen-bond acceptors (Lipinski definition) is 3. The zero-order valence-corrected chi connectivity index (χ0v) is 17.3. The normalized spacial score (nSPS) is 13.8. The Morgan fingerprint density at radius 2 is 1.97 bits per heavy atom. The van der Waals surface area contributed by atoms with Crippen LogP contribution in [0.1, 0.15) is 29.5 Å². The number of anilines is 2. The highest BCUT2D eigenvalue weighted by atomic mass is 19.3. The Hall–Kier alpha value is -3.48. The van der Waals surface area contributed by atoms with E-state index in [0.717, 1.165) is 47.2 Å². The third-order valence-electron chi connectivity index (χ3n) is 6.11. The Labute approximate surface area is 177 Å². The molecule has 0 aliphatic carbocycles. The van der Waals surface area contributed by atoms with E-state index < -0.39 is 6.43 Å². The SMILES string of the molecule is Cc1cc2c(N3CCCc4cc(-c5ccn[nH]5)c(C(F)F)cc43)cccc2n(C)c1=O. The van der Waals surface area contributed by atoms with Gasteiger partial charge in [0.2, 0.25) is 0 Å². The molecule has 31 heavy (non-hydrogen) atoms. The molecule has 1 aliphatic rings. The molecule has 0 unspecified atom stereocenters. The number of fused-ring (bicyclic) bond motifs is 2. The Morgan fingerprint density at radius 1 is 1.13 bits per heavy atom. The lowest BCUT2D eigenvalue weighted by Gasteiger charge is -2.33. The van der Waals surface area contributed by atoms with Crippen LogP contribution in [0.15, 0.2) is 53.5 Å². The van der Waals surface area contributed by atoms with Crippen molar-refractivity contribution < 1.29 is 8.78 Å². The summed E-state index contributed by atoms with van der Waals surface area (Å²) in [6.07, 6.45) is 0.686. The number of halogens is 2. The highest BCUT2D eigenvalue weighted by Crippen LogP contribution is 2.42. The molecular weight excluding hydrogens is 398 g/mol. The summed E-state index contributed by atoms with van der Waals surface area (Å²) in [6.45, 7) is 2.52. The molecule has 0 saturated carbocycles. The maximum absolute atomic E-state index is 14.0. The van der Waals surface area contributed by atoms with Gasteiger partial charge in [0.25, 0.3) is 12.0 Å². The monoisotopic (exact) mass is 420 g/mol. The van der Waals surface area contributed by atoms with E-state index in [2.05, 4.69) is 15.1 Å². The van der Waals surface area contributed by atoms with Gasteiger partial charge in [0, 0.05) is 47.6 Å². The molecule has 158 valence electrons. The highest BCUT2D eigenvalue weighted by Gasteiger charge is 2.25. The van der Waals surface area contributed by atoms with Gasteiger partial charge in [-0.2, -0.15) is 5.10 Å². The summed E-state index contributed by atoms with van der Waals surface area (Å²) in [5, 5.41) is 7.67. The van der Waals surface area contributed by atoms with Gasteiger partial charge in [0.05, 0.1) is 16.9 Å². The molecule has 0 atom stereocenters. The van der Waals surface area contributed by atoms with Crippen LogP contribution in [0.25, 0.3) is 22.2 Å². The van der Waals surface area contributed by atoms with Crippen molar-refractivity contribution in [3.63, 3.8) is 0 Å². The lowest BCUT2D eigenvalue weighted by Crippen LogP contribution is -2.26. The fourth-order valence-corrected chi connectivity index (χ4v) is 4.59. The first-order valence-electron chi connectivity index (χ1n) is 10.3. The van der Waals surface area contributed by atoms with Crippen LogP contribution in [-0.4, -0.2) is 21.3 Å². The van der Waals surface area contributed by atoms with Crippen LogP contribution in [0.3, 0.4) is 0 Å². The first-order valence-corrected chi connectivity index (χ1v) is 10.3. The molecule has 0 spiro atoms. The minimum atomic E-state index is -2.61. The molecule has 0 bridgehead atoms. The van der Waals surface area contributed by atoms with Crippen LogP contribution in [-0.2, 0) is 13.5 Å². The molecule has 0 radical (unpaired) electrons. The predicted octanol–water partition coefficient (Wildman–Crippen LogP) is 5.26.